The zero-order valence-corrected chi connectivity index (χ0v) is 9.32. The summed E-state index contributed by atoms with van der Waals surface area (Å²) < 4.78 is 38.9. The summed E-state index contributed by atoms with van der Waals surface area (Å²) in [4.78, 5) is 11.4. The van der Waals surface area contributed by atoms with Gasteiger partial charge in [0.25, 0.3) is 5.56 Å². The molecule has 94 valence electrons. The molecule has 0 atom stereocenters. The molecule has 0 saturated carbocycles. The smallest absolute Gasteiger partial charge is 0.311 e. The number of hydrogen-bond acceptors (Lipinski definition) is 1. The molecule has 18 heavy (non-hydrogen) atoms. The molecule has 0 spiro atoms. The van der Waals surface area contributed by atoms with Gasteiger partial charge in [0.05, 0.1) is 12.1 Å². The van der Waals surface area contributed by atoms with Gasteiger partial charge in [0.1, 0.15) is 0 Å². The average molecular weight is 253 g/mol. The standard InChI is InChI=1S/C13H10F3NO/c14-13(15,16)11-5-3-4-10(8-11)9-17-7-2-1-6-12(17)18/h1-8H,9H2. The monoisotopic (exact) mass is 253 g/mol. The Morgan fingerprint density at radius 3 is 2.50 bits per heavy atom. The third-order valence-electron chi connectivity index (χ3n) is 2.51. The lowest BCUT2D eigenvalue weighted by Gasteiger charge is -2.09. The number of benzene rings is 1. The molecule has 0 unspecified atom stereocenters. The summed E-state index contributed by atoms with van der Waals surface area (Å²) in [6, 6.07) is 9.59. The molecule has 0 saturated heterocycles. The average Bonchev–Trinajstić information content (AvgIpc) is 2.31. The van der Waals surface area contributed by atoms with Crippen LogP contribution >= 0.6 is 0 Å². The fraction of sp³-hybridized carbons (Fsp3) is 0.154. The molecule has 0 fully saturated rings. The van der Waals surface area contributed by atoms with Gasteiger partial charge in [0, 0.05) is 12.3 Å². The van der Waals surface area contributed by atoms with E-state index in [9.17, 15) is 18.0 Å². The Bertz CT molecular complexity index is 601. The SMILES string of the molecule is O=c1ccccn1Cc1cccc(C(F)(F)F)c1. The number of aromatic nitrogens is 1. The van der Waals surface area contributed by atoms with Gasteiger partial charge in [0.2, 0.25) is 0 Å². The van der Waals surface area contributed by atoms with Gasteiger partial charge in [-0.3, -0.25) is 4.79 Å². The highest BCUT2D eigenvalue weighted by molar-refractivity contribution is 5.26. The Labute approximate surface area is 101 Å². The van der Waals surface area contributed by atoms with E-state index in [1.807, 2.05) is 0 Å². The van der Waals surface area contributed by atoms with Gasteiger partial charge in [-0.1, -0.05) is 18.2 Å². The summed E-state index contributed by atoms with van der Waals surface area (Å²) in [5, 5.41) is 0. The lowest BCUT2D eigenvalue weighted by atomic mass is 10.1. The van der Waals surface area contributed by atoms with Crippen LogP contribution in [0.5, 0.6) is 0 Å². The number of rotatable bonds is 2. The van der Waals surface area contributed by atoms with Gasteiger partial charge in [0.15, 0.2) is 0 Å². The number of halogens is 3. The van der Waals surface area contributed by atoms with Crippen molar-refractivity contribution in [3.63, 3.8) is 0 Å². The first-order valence-electron chi connectivity index (χ1n) is 5.28. The van der Waals surface area contributed by atoms with Crippen molar-refractivity contribution >= 4 is 0 Å². The molecular formula is C13H10F3NO. The summed E-state index contributed by atoms with van der Waals surface area (Å²) in [5.41, 5.74) is -0.503. The predicted molar refractivity (Wildman–Crippen MR) is 61.2 cm³/mol. The fourth-order valence-corrected chi connectivity index (χ4v) is 1.63. The van der Waals surface area contributed by atoms with Crippen LogP contribution < -0.4 is 5.56 Å². The highest BCUT2D eigenvalue weighted by Crippen LogP contribution is 2.29. The molecule has 0 aliphatic carbocycles. The normalized spacial score (nSPS) is 11.5. The van der Waals surface area contributed by atoms with Crippen molar-refractivity contribution in [3.05, 3.63) is 70.1 Å². The minimum atomic E-state index is -4.36. The number of nitrogens with zero attached hydrogens (tertiary/aromatic N) is 1. The molecule has 0 amide bonds. The Morgan fingerprint density at radius 2 is 1.83 bits per heavy atom. The largest absolute Gasteiger partial charge is 0.416 e. The van der Waals surface area contributed by atoms with Crippen LogP contribution in [0.1, 0.15) is 11.1 Å². The Balaban J connectivity index is 2.31. The summed E-state index contributed by atoms with van der Waals surface area (Å²) >= 11 is 0. The second-order valence-corrected chi connectivity index (χ2v) is 3.86. The molecule has 0 bridgehead atoms. The number of pyridine rings is 1. The van der Waals surface area contributed by atoms with E-state index in [4.69, 9.17) is 0 Å². The van der Waals surface area contributed by atoms with Crippen molar-refractivity contribution in [1.82, 2.24) is 4.57 Å². The van der Waals surface area contributed by atoms with Crippen molar-refractivity contribution in [2.75, 3.05) is 0 Å². The second-order valence-electron chi connectivity index (χ2n) is 3.86. The molecule has 5 heteroatoms. The summed E-state index contributed by atoms with van der Waals surface area (Å²) in [7, 11) is 0. The zero-order chi connectivity index (χ0) is 13.2. The van der Waals surface area contributed by atoms with E-state index in [-0.39, 0.29) is 12.1 Å². The Morgan fingerprint density at radius 1 is 1.06 bits per heavy atom. The summed E-state index contributed by atoms with van der Waals surface area (Å²) in [6.45, 7) is 0.129. The molecule has 2 rings (SSSR count). The van der Waals surface area contributed by atoms with Gasteiger partial charge >= 0.3 is 6.18 Å². The third-order valence-corrected chi connectivity index (χ3v) is 2.51. The van der Waals surface area contributed by atoms with Crippen LogP contribution in [-0.2, 0) is 12.7 Å². The van der Waals surface area contributed by atoms with Crippen molar-refractivity contribution in [3.8, 4) is 0 Å². The summed E-state index contributed by atoms with van der Waals surface area (Å²) in [6.07, 6.45) is -2.82. The Kier molecular flexibility index (Phi) is 3.23. The molecule has 0 aliphatic heterocycles. The topological polar surface area (TPSA) is 22.0 Å². The van der Waals surface area contributed by atoms with E-state index in [2.05, 4.69) is 0 Å². The maximum absolute atomic E-state index is 12.5. The first-order chi connectivity index (χ1) is 8.47. The lowest BCUT2D eigenvalue weighted by Crippen LogP contribution is -2.18. The third kappa shape index (κ3) is 2.80. The molecule has 1 aromatic carbocycles. The van der Waals surface area contributed by atoms with Crippen LogP contribution in [0.4, 0.5) is 13.2 Å². The maximum atomic E-state index is 12.5. The number of hydrogen-bond donors (Lipinski definition) is 0. The van der Waals surface area contributed by atoms with Crippen LogP contribution in [0, 0.1) is 0 Å². The second kappa shape index (κ2) is 4.68. The van der Waals surface area contributed by atoms with E-state index in [1.165, 1.54) is 16.7 Å². The zero-order valence-electron chi connectivity index (χ0n) is 9.32. The van der Waals surface area contributed by atoms with Crippen molar-refractivity contribution < 1.29 is 13.2 Å². The van der Waals surface area contributed by atoms with Crippen molar-refractivity contribution in [1.29, 1.82) is 0 Å². The van der Waals surface area contributed by atoms with Crippen LogP contribution in [0.2, 0.25) is 0 Å². The lowest BCUT2D eigenvalue weighted by molar-refractivity contribution is -0.137. The first kappa shape index (κ1) is 12.4. The van der Waals surface area contributed by atoms with Gasteiger partial charge in [-0.15, -0.1) is 0 Å². The van der Waals surface area contributed by atoms with Crippen LogP contribution in [0.25, 0.3) is 0 Å². The van der Waals surface area contributed by atoms with Crippen molar-refractivity contribution in [2.24, 2.45) is 0 Å². The van der Waals surface area contributed by atoms with Gasteiger partial charge in [-0.2, -0.15) is 13.2 Å². The molecule has 0 aliphatic rings. The van der Waals surface area contributed by atoms with Crippen LogP contribution in [0.15, 0.2) is 53.5 Å². The minimum absolute atomic E-state index is 0.129. The highest BCUT2D eigenvalue weighted by Gasteiger charge is 2.30. The van der Waals surface area contributed by atoms with Crippen molar-refractivity contribution in [2.45, 2.75) is 12.7 Å². The molecule has 2 aromatic rings. The van der Waals surface area contributed by atoms with Gasteiger partial charge < -0.3 is 4.57 Å². The molecular weight excluding hydrogens is 243 g/mol. The van der Waals surface area contributed by atoms with E-state index in [0.29, 0.717) is 5.56 Å². The molecule has 0 radical (unpaired) electrons. The molecule has 2 nitrogen and oxygen atoms in total. The maximum Gasteiger partial charge on any atom is 0.416 e. The molecule has 1 heterocycles. The van der Waals surface area contributed by atoms with Crippen LogP contribution in [0.3, 0.4) is 0 Å². The van der Waals surface area contributed by atoms with Gasteiger partial charge in [-0.25, -0.2) is 0 Å². The molecule has 0 N–H and O–H groups in total. The number of alkyl halides is 3. The van der Waals surface area contributed by atoms with Gasteiger partial charge in [-0.05, 0) is 23.8 Å². The van der Waals surface area contributed by atoms with E-state index < -0.39 is 11.7 Å². The Hall–Kier alpha value is -2.04. The quantitative estimate of drug-likeness (QED) is 0.806. The molecule has 1 aromatic heterocycles. The fourth-order valence-electron chi connectivity index (χ4n) is 1.63. The summed E-state index contributed by atoms with van der Waals surface area (Å²) in [5.74, 6) is 0. The van der Waals surface area contributed by atoms with Crippen LogP contribution in [-0.4, -0.2) is 4.57 Å². The van der Waals surface area contributed by atoms with E-state index in [1.54, 1.807) is 24.4 Å². The van der Waals surface area contributed by atoms with E-state index >= 15 is 0 Å². The highest BCUT2D eigenvalue weighted by atomic mass is 19.4. The van der Waals surface area contributed by atoms with E-state index in [0.717, 1.165) is 12.1 Å². The first-order valence-corrected chi connectivity index (χ1v) is 5.28. The minimum Gasteiger partial charge on any atom is -0.311 e. The predicted octanol–water partition coefficient (Wildman–Crippen LogP) is 2.92.